The number of rotatable bonds is 4. The molecular formula is C20H26ClN3O3S. The Hall–Kier alpha value is -1.83. The Morgan fingerprint density at radius 3 is 2.57 bits per heavy atom. The van der Waals surface area contributed by atoms with E-state index in [-0.39, 0.29) is 21.9 Å². The van der Waals surface area contributed by atoms with Gasteiger partial charge in [-0.3, -0.25) is 4.79 Å². The molecule has 0 bridgehead atoms. The minimum absolute atomic E-state index is 0.0282. The van der Waals surface area contributed by atoms with E-state index in [1.54, 1.807) is 6.07 Å². The Morgan fingerprint density at radius 1 is 1.18 bits per heavy atom. The molecule has 1 atom stereocenters. The average molecular weight is 424 g/mol. The largest absolute Gasteiger partial charge is 0.353 e. The highest BCUT2D eigenvalue weighted by Crippen LogP contribution is 2.32. The molecule has 2 aromatic rings. The van der Waals surface area contributed by atoms with Crippen LogP contribution in [0.25, 0.3) is 0 Å². The number of carbonyl (C=O) groups excluding carboxylic acids is 1. The third kappa shape index (κ3) is 3.97. The van der Waals surface area contributed by atoms with Gasteiger partial charge in [0.1, 0.15) is 4.90 Å². The van der Waals surface area contributed by atoms with Crippen LogP contribution in [0.1, 0.15) is 47.8 Å². The number of sulfonamides is 1. The second kappa shape index (κ2) is 8.27. The Labute approximate surface area is 171 Å². The van der Waals surface area contributed by atoms with Crippen LogP contribution in [-0.2, 0) is 17.1 Å². The molecule has 1 amide bonds. The van der Waals surface area contributed by atoms with Crippen LogP contribution in [-0.4, -0.2) is 48.7 Å². The van der Waals surface area contributed by atoms with E-state index < -0.39 is 10.0 Å². The van der Waals surface area contributed by atoms with Crippen LogP contribution in [0.3, 0.4) is 0 Å². The number of likely N-dealkylation sites (tertiary alicyclic amines) is 1. The van der Waals surface area contributed by atoms with Crippen molar-refractivity contribution in [3.05, 3.63) is 52.8 Å². The highest BCUT2D eigenvalue weighted by atomic mass is 35.5. The fourth-order valence-corrected chi connectivity index (χ4v) is 5.07. The maximum Gasteiger partial charge on any atom is 0.254 e. The predicted molar refractivity (Wildman–Crippen MR) is 110 cm³/mol. The van der Waals surface area contributed by atoms with Gasteiger partial charge < -0.3 is 9.47 Å². The van der Waals surface area contributed by atoms with E-state index >= 15 is 0 Å². The number of amides is 1. The van der Waals surface area contributed by atoms with Crippen LogP contribution in [0.4, 0.5) is 0 Å². The monoisotopic (exact) mass is 423 g/mol. The first kappa shape index (κ1) is 20.9. The quantitative estimate of drug-likeness (QED) is 0.753. The summed E-state index contributed by atoms with van der Waals surface area (Å²) in [6, 6.07) is 8.48. The van der Waals surface area contributed by atoms with Crippen molar-refractivity contribution in [2.45, 2.75) is 36.6 Å². The van der Waals surface area contributed by atoms with Gasteiger partial charge in [-0.1, -0.05) is 24.4 Å². The lowest BCUT2D eigenvalue weighted by Crippen LogP contribution is -2.35. The first-order chi connectivity index (χ1) is 13.2. The summed E-state index contributed by atoms with van der Waals surface area (Å²) in [7, 11) is 1.13. The Bertz CT molecular complexity index is 969. The molecule has 1 unspecified atom stereocenters. The van der Waals surface area contributed by atoms with Crippen LogP contribution < -0.4 is 0 Å². The molecule has 3 rings (SSSR count). The second-order valence-corrected chi connectivity index (χ2v) is 9.87. The van der Waals surface area contributed by atoms with Crippen LogP contribution in [0.5, 0.6) is 0 Å². The van der Waals surface area contributed by atoms with Gasteiger partial charge in [-0.2, -0.15) is 0 Å². The minimum atomic E-state index is -3.74. The lowest BCUT2D eigenvalue weighted by Gasteiger charge is -2.31. The van der Waals surface area contributed by atoms with Crippen molar-refractivity contribution in [2.24, 2.45) is 7.05 Å². The van der Waals surface area contributed by atoms with E-state index in [0.29, 0.717) is 12.1 Å². The van der Waals surface area contributed by atoms with E-state index in [2.05, 4.69) is 0 Å². The molecule has 1 aliphatic heterocycles. The summed E-state index contributed by atoms with van der Waals surface area (Å²) in [6.07, 6.45) is 5.93. The van der Waals surface area contributed by atoms with E-state index in [0.717, 1.165) is 35.7 Å². The van der Waals surface area contributed by atoms with Crippen molar-refractivity contribution in [1.82, 2.24) is 13.8 Å². The molecule has 1 fully saturated rings. The summed E-state index contributed by atoms with van der Waals surface area (Å²) < 4.78 is 28.3. The lowest BCUT2D eigenvalue weighted by atomic mass is 10.1. The average Bonchev–Trinajstić information content (AvgIpc) is 2.93. The third-order valence-electron chi connectivity index (χ3n) is 5.28. The van der Waals surface area contributed by atoms with Crippen molar-refractivity contribution in [3.8, 4) is 0 Å². The first-order valence-corrected chi connectivity index (χ1v) is 11.2. The number of aryl methyl sites for hydroxylation is 1. The number of hydrogen-bond donors (Lipinski definition) is 0. The highest BCUT2D eigenvalue weighted by Gasteiger charge is 2.30. The molecule has 0 spiro atoms. The highest BCUT2D eigenvalue weighted by molar-refractivity contribution is 7.89. The Balaban J connectivity index is 2.01. The van der Waals surface area contributed by atoms with Crippen molar-refractivity contribution in [2.75, 3.05) is 20.6 Å². The molecule has 1 aromatic carbocycles. The van der Waals surface area contributed by atoms with Crippen molar-refractivity contribution in [1.29, 1.82) is 0 Å². The standard InChI is InChI=1S/C20H26ClN3O3S/c1-22(2)28(26,27)19-14-15(10-11-16(19)21)20(25)24-13-6-4-5-8-18(24)17-9-7-12-23(17)3/h7,9-12,14,18H,4-6,8,13H2,1-3H3. The summed E-state index contributed by atoms with van der Waals surface area (Å²) >= 11 is 6.14. The number of carbonyl (C=O) groups is 1. The normalized spacial score (nSPS) is 18.3. The van der Waals surface area contributed by atoms with E-state index in [4.69, 9.17) is 11.6 Å². The predicted octanol–water partition coefficient (Wildman–Crippen LogP) is 3.69. The van der Waals surface area contributed by atoms with Crippen molar-refractivity contribution >= 4 is 27.5 Å². The summed E-state index contributed by atoms with van der Waals surface area (Å²) in [5.41, 5.74) is 1.43. The van der Waals surface area contributed by atoms with Crippen LogP contribution >= 0.6 is 11.6 Å². The van der Waals surface area contributed by atoms with Gasteiger partial charge >= 0.3 is 0 Å². The fourth-order valence-electron chi connectivity index (χ4n) is 3.68. The molecule has 2 heterocycles. The molecule has 0 aliphatic carbocycles. The summed E-state index contributed by atoms with van der Waals surface area (Å²) in [5, 5.41) is 0.111. The van der Waals surface area contributed by atoms with Gasteiger partial charge in [0.15, 0.2) is 0 Å². The van der Waals surface area contributed by atoms with E-state index in [9.17, 15) is 13.2 Å². The first-order valence-electron chi connectivity index (χ1n) is 9.37. The fraction of sp³-hybridized carbons (Fsp3) is 0.450. The van der Waals surface area contributed by atoms with Gasteiger partial charge in [-0.05, 0) is 43.2 Å². The number of hydrogen-bond acceptors (Lipinski definition) is 3. The minimum Gasteiger partial charge on any atom is -0.353 e. The van der Waals surface area contributed by atoms with Gasteiger partial charge in [0, 0.05) is 45.1 Å². The SMILES string of the molecule is CN(C)S(=O)(=O)c1cc(C(=O)N2CCCCCC2c2cccn2C)ccc1Cl. The van der Waals surface area contributed by atoms with Gasteiger partial charge in [-0.25, -0.2) is 12.7 Å². The van der Waals surface area contributed by atoms with Crippen molar-refractivity contribution < 1.29 is 13.2 Å². The summed E-state index contributed by atoms with van der Waals surface area (Å²) in [4.78, 5) is 15.2. The van der Waals surface area contributed by atoms with Gasteiger partial charge in [0.25, 0.3) is 5.91 Å². The van der Waals surface area contributed by atoms with E-state index in [1.807, 2.05) is 34.8 Å². The maximum atomic E-state index is 13.4. The van der Waals surface area contributed by atoms with Crippen LogP contribution in [0, 0.1) is 0 Å². The summed E-state index contributed by atoms with van der Waals surface area (Å²) in [5.74, 6) is -0.167. The molecule has 6 nitrogen and oxygen atoms in total. The lowest BCUT2D eigenvalue weighted by molar-refractivity contribution is 0.0674. The van der Waals surface area contributed by atoms with Crippen LogP contribution in [0.15, 0.2) is 41.4 Å². The molecule has 0 radical (unpaired) electrons. The Morgan fingerprint density at radius 2 is 1.93 bits per heavy atom. The van der Waals surface area contributed by atoms with Gasteiger partial charge in [0.2, 0.25) is 10.0 Å². The molecule has 1 saturated heterocycles. The topological polar surface area (TPSA) is 62.6 Å². The molecule has 0 N–H and O–H groups in total. The number of nitrogens with zero attached hydrogens (tertiary/aromatic N) is 3. The van der Waals surface area contributed by atoms with Crippen molar-refractivity contribution in [3.63, 3.8) is 0 Å². The molecule has 152 valence electrons. The van der Waals surface area contributed by atoms with Crippen LogP contribution in [0.2, 0.25) is 5.02 Å². The zero-order valence-electron chi connectivity index (χ0n) is 16.4. The number of halogens is 1. The van der Waals surface area contributed by atoms with Gasteiger partial charge in [-0.15, -0.1) is 0 Å². The number of aromatic nitrogens is 1. The van der Waals surface area contributed by atoms with E-state index in [1.165, 1.54) is 26.2 Å². The smallest absolute Gasteiger partial charge is 0.254 e. The molecule has 0 saturated carbocycles. The zero-order chi connectivity index (χ0) is 20.5. The molecular weight excluding hydrogens is 398 g/mol. The molecule has 1 aromatic heterocycles. The summed E-state index contributed by atoms with van der Waals surface area (Å²) in [6.45, 7) is 0.646. The maximum absolute atomic E-state index is 13.4. The number of benzene rings is 1. The molecule has 8 heteroatoms. The molecule has 1 aliphatic rings. The zero-order valence-corrected chi connectivity index (χ0v) is 18.0. The Kier molecular flexibility index (Phi) is 6.17. The third-order valence-corrected chi connectivity index (χ3v) is 7.57. The second-order valence-electron chi connectivity index (χ2n) is 7.34. The molecule has 28 heavy (non-hydrogen) atoms. The van der Waals surface area contributed by atoms with Gasteiger partial charge in [0.05, 0.1) is 11.1 Å².